The average molecular weight is 291 g/mol. The zero-order chi connectivity index (χ0) is 15.1. The molecular weight excluding hydrogens is 270 g/mol. The van der Waals surface area contributed by atoms with Gasteiger partial charge in [-0.3, -0.25) is 4.79 Å². The number of hydrogen-bond acceptors (Lipinski definition) is 7. The third kappa shape index (κ3) is 4.51. The zero-order valence-corrected chi connectivity index (χ0v) is 11.2. The number of carbonyl (C=O) groups is 1. The van der Waals surface area contributed by atoms with Crippen LogP contribution in [-0.2, 0) is 14.3 Å². The second kappa shape index (κ2) is 8.30. The minimum Gasteiger partial charge on any atom is -0.394 e. The summed E-state index contributed by atoms with van der Waals surface area (Å²) in [5.41, 5.74) is 0. The van der Waals surface area contributed by atoms with Gasteiger partial charge in [-0.25, -0.2) is 0 Å². The van der Waals surface area contributed by atoms with Gasteiger partial charge in [0.2, 0.25) is 5.91 Å². The fraction of sp³-hybridized carbons (Fsp3) is 0.750. The van der Waals surface area contributed by atoms with Crippen LogP contribution >= 0.6 is 0 Å². The Balaban J connectivity index is 2.72. The first kappa shape index (κ1) is 17.0. The molecule has 20 heavy (non-hydrogen) atoms. The fourth-order valence-corrected chi connectivity index (χ4v) is 1.91. The molecule has 1 saturated heterocycles. The molecule has 1 amide bonds. The number of aliphatic hydroxyl groups is 4. The van der Waals surface area contributed by atoms with Gasteiger partial charge in [0.05, 0.1) is 19.8 Å². The highest BCUT2D eigenvalue weighted by Gasteiger charge is 2.45. The van der Waals surface area contributed by atoms with E-state index in [0.717, 1.165) is 0 Å². The van der Waals surface area contributed by atoms with Crippen LogP contribution in [0.15, 0.2) is 12.2 Å². The van der Waals surface area contributed by atoms with Crippen molar-refractivity contribution in [2.75, 3.05) is 19.8 Å². The van der Waals surface area contributed by atoms with Crippen LogP contribution in [0.2, 0.25) is 0 Å². The van der Waals surface area contributed by atoms with Crippen LogP contribution in [0, 0.1) is 0 Å². The van der Waals surface area contributed by atoms with Crippen molar-refractivity contribution in [3.8, 4) is 0 Å². The number of rotatable bonds is 6. The molecule has 0 spiro atoms. The maximum Gasteiger partial charge on any atom is 0.217 e. The van der Waals surface area contributed by atoms with Crippen LogP contribution in [0.5, 0.6) is 0 Å². The topological polar surface area (TPSA) is 128 Å². The van der Waals surface area contributed by atoms with Crippen LogP contribution in [-0.4, -0.2) is 76.8 Å². The lowest BCUT2D eigenvalue weighted by Gasteiger charge is -2.42. The number of amides is 1. The van der Waals surface area contributed by atoms with Crippen LogP contribution in [0.4, 0.5) is 0 Å². The van der Waals surface area contributed by atoms with Crippen molar-refractivity contribution in [3.05, 3.63) is 12.2 Å². The van der Waals surface area contributed by atoms with Gasteiger partial charge in [-0.05, 0) is 0 Å². The van der Waals surface area contributed by atoms with Gasteiger partial charge in [-0.15, -0.1) is 0 Å². The standard InChI is InChI=1S/C12H21NO7/c1-7(16)13-9-11(18)10(17)8(6-15)20-12(9)19-5-3-2-4-14/h2-3,8-12,14-15,17-18H,4-6H2,1H3,(H,13,16)/b3-2-/t8-,9-,10-,11-,12-/m1/s1. The first-order valence-electron chi connectivity index (χ1n) is 6.28. The van der Waals surface area contributed by atoms with Crippen LogP contribution < -0.4 is 5.32 Å². The third-order valence-electron chi connectivity index (χ3n) is 2.88. The molecule has 8 heteroatoms. The molecule has 0 bridgehead atoms. The highest BCUT2D eigenvalue weighted by Crippen LogP contribution is 2.22. The number of aliphatic hydroxyl groups excluding tert-OH is 4. The summed E-state index contributed by atoms with van der Waals surface area (Å²) in [5, 5.41) is 39.9. The molecule has 0 aliphatic carbocycles. The van der Waals surface area contributed by atoms with Gasteiger partial charge in [0, 0.05) is 6.92 Å². The minimum absolute atomic E-state index is 0.0856. The van der Waals surface area contributed by atoms with Gasteiger partial charge in [0.25, 0.3) is 0 Å². The molecule has 0 radical (unpaired) electrons. The zero-order valence-electron chi connectivity index (χ0n) is 11.2. The minimum atomic E-state index is -1.33. The molecule has 0 aromatic heterocycles. The first-order chi connectivity index (χ1) is 9.51. The second-order valence-electron chi connectivity index (χ2n) is 4.42. The van der Waals surface area contributed by atoms with E-state index >= 15 is 0 Å². The maximum atomic E-state index is 11.1. The Hall–Kier alpha value is -1.03. The van der Waals surface area contributed by atoms with Crippen molar-refractivity contribution in [1.29, 1.82) is 0 Å². The van der Waals surface area contributed by atoms with Crippen molar-refractivity contribution in [1.82, 2.24) is 5.32 Å². The van der Waals surface area contributed by atoms with Crippen molar-refractivity contribution < 1.29 is 34.7 Å². The van der Waals surface area contributed by atoms with Crippen molar-refractivity contribution >= 4 is 5.91 Å². The van der Waals surface area contributed by atoms with Crippen molar-refractivity contribution in [2.45, 2.75) is 37.6 Å². The number of carbonyl (C=O) groups excluding carboxylic acids is 1. The van der Waals surface area contributed by atoms with Crippen LogP contribution in [0.25, 0.3) is 0 Å². The summed E-state index contributed by atoms with van der Waals surface area (Å²) in [6, 6.07) is -0.951. The number of nitrogens with one attached hydrogen (secondary N) is 1. The van der Waals surface area contributed by atoms with E-state index in [0.29, 0.717) is 0 Å². The molecule has 0 aromatic carbocycles. The van der Waals surface area contributed by atoms with E-state index in [4.69, 9.17) is 19.7 Å². The summed E-state index contributed by atoms with van der Waals surface area (Å²) in [4.78, 5) is 11.1. The molecule has 1 heterocycles. The molecule has 0 saturated carbocycles. The summed E-state index contributed by atoms with van der Waals surface area (Å²) < 4.78 is 10.7. The Bertz CT molecular complexity index is 336. The highest BCUT2D eigenvalue weighted by molar-refractivity contribution is 5.73. The predicted molar refractivity (Wildman–Crippen MR) is 67.5 cm³/mol. The van der Waals surface area contributed by atoms with E-state index in [2.05, 4.69) is 5.32 Å². The Kier molecular flexibility index (Phi) is 7.06. The molecular formula is C12H21NO7. The molecule has 5 atom stereocenters. The first-order valence-corrected chi connectivity index (χ1v) is 6.28. The Morgan fingerprint density at radius 1 is 1.30 bits per heavy atom. The predicted octanol–water partition coefficient (Wildman–Crippen LogP) is -2.50. The lowest BCUT2D eigenvalue weighted by molar-refractivity contribution is -0.267. The summed E-state index contributed by atoms with van der Waals surface area (Å²) in [5.74, 6) is -0.410. The van der Waals surface area contributed by atoms with E-state index in [9.17, 15) is 15.0 Å². The monoisotopic (exact) mass is 291 g/mol. The van der Waals surface area contributed by atoms with E-state index in [1.54, 1.807) is 6.08 Å². The molecule has 1 fully saturated rings. The number of hydrogen-bond donors (Lipinski definition) is 5. The van der Waals surface area contributed by atoms with Gasteiger partial charge < -0.3 is 35.2 Å². The summed E-state index contributed by atoms with van der Waals surface area (Å²) in [6.45, 7) is 0.726. The summed E-state index contributed by atoms with van der Waals surface area (Å²) in [7, 11) is 0. The lowest BCUT2D eigenvalue weighted by Crippen LogP contribution is -2.64. The van der Waals surface area contributed by atoms with Gasteiger partial charge in [-0.1, -0.05) is 12.2 Å². The maximum absolute atomic E-state index is 11.1. The Morgan fingerprint density at radius 3 is 2.55 bits per heavy atom. The quantitative estimate of drug-likeness (QED) is 0.342. The normalized spacial score (nSPS) is 34.4. The van der Waals surface area contributed by atoms with Crippen molar-refractivity contribution in [2.24, 2.45) is 0 Å². The number of ether oxygens (including phenoxy) is 2. The molecule has 1 rings (SSSR count). The largest absolute Gasteiger partial charge is 0.394 e. The van der Waals surface area contributed by atoms with Crippen molar-refractivity contribution in [3.63, 3.8) is 0 Å². The van der Waals surface area contributed by atoms with Gasteiger partial charge in [0.1, 0.15) is 24.4 Å². The smallest absolute Gasteiger partial charge is 0.217 e. The fourth-order valence-electron chi connectivity index (χ4n) is 1.91. The van der Waals surface area contributed by atoms with Crippen LogP contribution in [0.1, 0.15) is 6.92 Å². The van der Waals surface area contributed by atoms with Gasteiger partial charge in [0.15, 0.2) is 6.29 Å². The highest BCUT2D eigenvalue weighted by atomic mass is 16.7. The molecule has 0 aromatic rings. The molecule has 8 nitrogen and oxygen atoms in total. The van der Waals surface area contributed by atoms with Crippen LogP contribution in [0.3, 0.4) is 0 Å². The van der Waals surface area contributed by atoms with E-state index in [1.807, 2.05) is 0 Å². The third-order valence-corrected chi connectivity index (χ3v) is 2.88. The Labute approximate surface area is 116 Å². The summed E-state index contributed by atoms with van der Waals surface area (Å²) in [6.07, 6.45) is -1.66. The Morgan fingerprint density at radius 2 is 2.00 bits per heavy atom. The van der Waals surface area contributed by atoms with E-state index in [-0.39, 0.29) is 13.2 Å². The van der Waals surface area contributed by atoms with E-state index < -0.39 is 43.2 Å². The molecule has 1 aliphatic heterocycles. The average Bonchev–Trinajstić information content (AvgIpc) is 2.41. The van der Waals surface area contributed by atoms with E-state index in [1.165, 1.54) is 13.0 Å². The molecule has 1 aliphatic rings. The summed E-state index contributed by atoms with van der Waals surface area (Å²) >= 11 is 0. The molecule has 116 valence electrons. The molecule has 5 N–H and O–H groups in total. The molecule has 0 unspecified atom stereocenters. The van der Waals surface area contributed by atoms with Gasteiger partial charge in [-0.2, -0.15) is 0 Å². The second-order valence-corrected chi connectivity index (χ2v) is 4.42. The lowest BCUT2D eigenvalue weighted by atomic mass is 9.97. The SMILES string of the molecule is CC(=O)N[C@H]1[C@H](OC/C=C\CO)O[C@H](CO)[C@@H](O)[C@@H]1O. The van der Waals surface area contributed by atoms with Gasteiger partial charge >= 0.3 is 0 Å².